The zero-order valence-corrected chi connectivity index (χ0v) is 18.1. The van der Waals surface area contributed by atoms with Gasteiger partial charge in [0.15, 0.2) is 0 Å². The standard InChI is InChI=1S/C20H24FN3O4S2/c1-29-12-11-17(24-30(27,28)18-10-6-5-9-16(18)21)20(26)23-14-19(25)22-13-15-7-3-2-4-8-15/h2-10,17,24H,11-14H2,1H3,(H,22,25)(H,23,26). The Morgan fingerprint density at radius 1 is 1.03 bits per heavy atom. The molecule has 0 spiro atoms. The molecule has 30 heavy (non-hydrogen) atoms. The summed E-state index contributed by atoms with van der Waals surface area (Å²) in [4.78, 5) is 24.0. The van der Waals surface area contributed by atoms with Crippen LogP contribution in [0.1, 0.15) is 12.0 Å². The lowest BCUT2D eigenvalue weighted by atomic mass is 10.2. The molecule has 162 valence electrons. The molecule has 0 bridgehead atoms. The number of amides is 2. The maximum absolute atomic E-state index is 13.9. The Kier molecular flexibility index (Phi) is 9.28. The van der Waals surface area contributed by atoms with Crippen LogP contribution in [-0.4, -0.2) is 44.8 Å². The highest BCUT2D eigenvalue weighted by Gasteiger charge is 2.27. The molecule has 0 saturated heterocycles. The van der Waals surface area contributed by atoms with Crippen molar-refractivity contribution in [3.05, 3.63) is 66.0 Å². The van der Waals surface area contributed by atoms with Gasteiger partial charge in [-0.2, -0.15) is 16.5 Å². The predicted molar refractivity (Wildman–Crippen MR) is 115 cm³/mol. The van der Waals surface area contributed by atoms with Crippen LogP contribution in [0, 0.1) is 5.82 Å². The second-order valence-corrected chi connectivity index (χ2v) is 9.03. The number of hydrogen-bond acceptors (Lipinski definition) is 5. The van der Waals surface area contributed by atoms with Crippen LogP contribution >= 0.6 is 11.8 Å². The van der Waals surface area contributed by atoms with Gasteiger partial charge in [0.1, 0.15) is 16.8 Å². The minimum absolute atomic E-state index is 0.187. The number of carbonyl (C=O) groups excluding carboxylic acids is 2. The van der Waals surface area contributed by atoms with Crippen molar-refractivity contribution in [3.63, 3.8) is 0 Å². The maximum atomic E-state index is 13.9. The molecule has 7 nitrogen and oxygen atoms in total. The van der Waals surface area contributed by atoms with E-state index in [1.165, 1.54) is 23.9 Å². The Labute approximate surface area is 179 Å². The fourth-order valence-corrected chi connectivity index (χ4v) is 4.32. The molecule has 0 radical (unpaired) electrons. The lowest BCUT2D eigenvalue weighted by Crippen LogP contribution is -2.49. The summed E-state index contributed by atoms with van der Waals surface area (Å²) in [6.45, 7) is 0.00816. The first-order chi connectivity index (χ1) is 14.3. The zero-order chi connectivity index (χ0) is 22.0. The Morgan fingerprint density at radius 3 is 2.37 bits per heavy atom. The molecular formula is C20H24FN3O4S2. The molecule has 0 aliphatic rings. The van der Waals surface area contributed by atoms with E-state index in [0.717, 1.165) is 17.7 Å². The third-order valence-electron chi connectivity index (χ3n) is 4.11. The molecule has 0 heterocycles. The molecule has 0 aliphatic carbocycles. The lowest BCUT2D eigenvalue weighted by Gasteiger charge is -2.18. The molecule has 0 fully saturated rings. The molecule has 2 rings (SSSR count). The van der Waals surface area contributed by atoms with Gasteiger partial charge < -0.3 is 10.6 Å². The molecule has 0 saturated carbocycles. The van der Waals surface area contributed by atoms with Gasteiger partial charge in [-0.25, -0.2) is 12.8 Å². The van der Waals surface area contributed by atoms with Crippen molar-refractivity contribution in [1.82, 2.24) is 15.4 Å². The van der Waals surface area contributed by atoms with E-state index in [9.17, 15) is 22.4 Å². The summed E-state index contributed by atoms with van der Waals surface area (Å²) in [7, 11) is -4.25. The van der Waals surface area contributed by atoms with E-state index in [0.29, 0.717) is 12.3 Å². The molecule has 2 aromatic carbocycles. The zero-order valence-electron chi connectivity index (χ0n) is 16.4. The average Bonchev–Trinajstić information content (AvgIpc) is 2.74. The van der Waals surface area contributed by atoms with E-state index in [1.807, 2.05) is 36.6 Å². The molecule has 3 N–H and O–H groups in total. The van der Waals surface area contributed by atoms with Gasteiger partial charge in [0.05, 0.1) is 6.54 Å². The van der Waals surface area contributed by atoms with Gasteiger partial charge in [0.25, 0.3) is 0 Å². The number of halogens is 1. The van der Waals surface area contributed by atoms with Crippen molar-refractivity contribution in [3.8, 4) is 0 Å². The summed E-state index contributed by atoms with van der Waals surface area (Å²) in [6, 6.07) is 13.1. The second-order valence-electron chi connectivity index (χ2n) is 6.37. The van der Waals surface area contributed by atoms with Gasteiger partial charge in [0, 0.05) is 6.54 Å². The summed E-state index contributed by atoms with van der Waals surface area (Å²) >= 11 is 1.43. The monoisotopic (exact) mass is 453 g/mol. The third kappa shape index (κ3) is 7.43. The van der Waals surface area contributed by atoms with Gasteiger partial charge in [-0.05, 0) is 36.1 Å². The molecular weight excluding hydrogens is 429 g/mol. The SMILES string of the molecule is CSCCC(NS(=O)(=O)c1ccccc1F)C(=O)NCC(=O)NCc1ccccc1. The fraction of sp³-hybridized carbons (Fsp3) is 0.300. The van der Waals surface area contributed by atoms with E-state index in [2.05, 4.69) is 15.4 Å². The first kappa shape index (κ1) is 23.8. The highest BCUT2D eigenvalue weighted by molar-refractivity contribution is 7.98. The van der Waals surface area contributed by atoms with E-state index in [-0.39, 0.29) is 13.0 Å². The lowest BCUT2D eigenvalue weighted by molar-refractivity contribution is -0.127. The quantitative estimate of drug-likeness (QED) is 0.480. The van der Waals surface area contributed by atoms with Gasteiger partial charge in [-0.1, -0.05) is 42.5 Å². The highest BCUT2D eigenvalue weighted by Crippen LogP contribution is 2.14. The van der Waals surface area contributed by atoms with Crippen molar-refractivity contribution in [2.75, 3.05) is 18.6 Å². The maximum Gasteiger partial charge on any atom is 0.244 e. The molecule has 1 atom stereocenters. The number of benzene rings is 2. The number of carbonyl (C=O) groups is 2. The largest absolute Gasteiger partial charge is 0.350 e. The molecule has 1 unspecified atom stereocenters. The summed E-state index contributed by atoms with van der Waals surface area (Å²) in [5.74, 6) is -1.47. The minimum Gasteiger partial charge on any atom is -0.350 e. The fourth-order valence-electron chi connectivity index (χ4n) is 2.54. The highest BCUT2D eigenvalue weighted by atomic mass is 32.2. The van der Waals surface area contributed by atoms with E-state index < -0.39 is 38.6 Å². The Morgan fingerprint density at radius 2 is 1.70 bits per heavy atom. The van der Waals surface area contributed by atoms with Gasteiger partial charge in [-0.15, -0.1) is 0 Å². The van der Waals surface area contributed by atoms with Crippen molar-refractivity contribution in [1.29, 1.82) is 0 Å². The topological polar surface area (TPSA) is 104 Å². The third-order valence-corrected chi connectivity index (χ3v) is 6.26. The first-order valence-corrected chi connectivity index (χ1v) is 12.1. The van der Waals surface area contributed by atoms with Crippen LogP contribution in [0.4, 0.5) is 4.39 Å². The van der Waals surface area contributed by atoms with Crippen molar-refractivity contribution < 1.29 is 22.4 Å². The summed E-state index contributed by atoms with van der Waals surface area (Å²) < 4.78 is 41.2. The minimum atomic E-state index is -4.25. The Bertz CT molecular complexity index is 956. The van der Waals surface area contributed by atoms with Crippen LogP contribution in [0.25, 0.3) is 0 Å². The van der Waals surface area contributed by atoms with Gasteiger partial charge in [-0.3, -0.25) is 9.59 Å². The van der Waals surface area contributed by atoms with Crippen LogP contribution in [0.5, 0.6) is 0 Å². The summed E-state index contributed by atoms with van der Waals surface area (Å²) in [5.41, 5.74) is 0.910. The van der Waals surface area contributed by atoms with Gasteiger partial charge in [0.2, 0.25) is 21.8 Å². The number of sulfonamides is 1. The van der Waals surface area contributed by atoms with Gasteiger partial charge >= 0.3 is 0 Å². The average molecular weight is 454 g/mol. The predicted octanol–water partition coefficient (Wildman–Crippen LogP) is 1.66. The van der Waals surface area contributed by atoms with Crippen LogP contribution in [-0.2, 0) is 26.2 Å². The Hall–Kier alpha value is -2.43. The Balaban J connectivity index is 1.96. The van der Waals surface area contributed by atoms with Crippen LogP contribution in [0.2, 0.25) is 0 Å². The molecule has 10 heteroatoms. The smallest absolute Gasteiger partial charge is 0.244 e. The first-order valence-electron chi connectivity index (χ1n) is 9.17. The normalized spacial score (nSPS) is 12.2. The van der Waals surface area contributed by atoms with E-state index in [1.54, 1.807) is 0 Å². The number of nitrogens with one attached hydrogen (secondary N) is 3. The second kappa shape index (κ2) is 11.7. The van der Waals surface area contributed by atoms with Crippen molar-refractivity contribution in [2.24, 2.45) is 0 Å². The number of rotatable bonds is 11. The molecule has 2 aromatic rings. The molecule has 2 amide bonds. The molecule has 0 aromatic heterocycles. The van der Waals surface area contributed by atoms with E-state index in [4.69, 9.17) is 0 Å². The van der Waals surface area contributed by atoms with Crippen LogP contribution in [0.15, 0.2) is 59.5 Å². The van der Waals surface area contributed by atoms with Crippen molar-refractivity contribution in [2.45, 2.75) is 23.9 Å². The summed E-state index contributed by atoms with van der Waals surface area (Å²) in [6.07, 6.45) is 2.00. The van der Waals surface area contributed by atoms with Crippen LogP contribution in [0.3, 0.4) is 0 Å². The number of hydrogen-bond donors (Lipinski definition) is 3. The van der Waals surface area contributed by atoms with Crippen LogP contribution < -0.4 is 15.4 Å². The van der Waals surface area contributed by atoms with Crippen molar-refractivity contribution >= 4 is 33.6 Å². The molecule has 0 aliphatic heterocycles. The summed E-state index contributed by atoms with van der Waals surface area (Å²) in [5, 5.41) is 5.11. The number of thioether (sulfide) groups is 1. The van der Waals surface area contributed by atoms with E-state index >= 15 is 0 Å².